The van der Waals surface area contributed by atoms with E-state index in [1.54, 1.807) is 14.2 Å². The second-order valence-corrected chi connectivity index (χ2v) is 9.93. The molecular formula is C34H26N2O4. The van der Waals surface area contributed by atoms with Gasteiger partial charge in [0.05, 0.1) is 14.2 Å². The molecule has 0 saturated carbocycles. The van der Waals surface area contributed by atoms with Crippen molar-refractivity contribution < 1.29 is 18.3 Å². The Balaban J connectivity index is 1.36. The van der Waals surface area contributed by atoms with Crippen LogP contribution < -0.4 is 9.47 Å². The maximum Gasteiger partial charge on any atom is 0.227 e. The number of benzene rings is 5. The van der Waals surface area contributed by atoms with Crippen LogP contribution in [0.1, 0.15) is 11.1 Å². The molecule has 6 nitrogen and oxygen atoms in total. The minimum atomic E-state index is 0.560. The predicted octanol–water partition coefficient (Wildman–Crippen LogP) is 8.76. The van der Waals surface area contributed by atoms with Gasteiger partial charge in [-0.15, -0.1) is 0 Å². The lowest BCUT2D eigenvalue weighted by atomic mass is 9.95. The lowest BCUT2D eigenvalue weighted by Gasteiger charge is -2.10. The van der Waals surface area contributed by atoms with Crippen molar-refractivity contribution in [3.05, 3.63) is 96.1 Å². The molecule has 5 aromatic carbocycles. The van der Waals surface area contributed by atoms with Crippen LogP contribution in [0.4, 0.5) is 0 Å². The summed E-state index contributed by atoms with van der Waals surface area (Å²) in [7, 11) is 3.31. The maximum atomic E-state index is 6.37. The number of fused-ring (bicyclic) bond motifs is 3. The number of rotatable bonds is 5. The van der Waals surface area contributed by atoms with Crippen LogP contribution in [0.3, 0.4) is 0 Å². The summed E-state index contributed by atoms with van der Waals surface area (Å²) in [6.07, 6.45) is 0. The van der Waals surface area contributed by atoms with Crippen molar-refractivity contribution in [1.82, 2.24) is 9.97 Å². The number of ether oxygens (including phenoxy) is 2. The molecule has 6 heteroatoms. The molecule has 0 aliphatic rings. The zero-order valence-electron chi connectivity index (χ0n) is 22.6. The van der Waals surface area contributed by atoms with E-state index in [9.17, 15) is 0 Å². The summed E-state index contributed by atoms with van der Waals surface area (Å²) in [6.45, 7) is 4.23. The van der Waals surface area contributed by atoms with Gasteiger partial charge in [0.2, 0.25) is 11.8 Å². The van der Waals surface area contributed by atoms with Gasteiger partial charge in [0.15, 0.2) is 11.2 Å². The first-order chi connectivity index (χ1) is 19.5. The highest BCUT2D eigenvalue weighted by Gasteiger charge is 2.19. The molecule has 0 bridgehead atoms. The fraction of sp³-hybridized carbons (Fsp3) is 0.118. The summed E-state index contributed by atoms with van der Waals surface area (Å²) in [5.41, 5.74) is 9.34. The molecule has 0 saturated heterocycles. The Hall–Kier alpha value is -5.10. The minimum Gasteiger partial charge on any atom is -0.497 e. The molecule has 0 aliphatic carbocycles. The van der Waals surface area contributed by atoms with Crippen LogP contribution in [-0.2, 0) is 0 Å². The number of aromatic nitrogens is 2. The molecule has 7 rings (SSSR count). The van der Waals surface area contributed by atoms with E-state index in [0.717, 1.165) is 61.1 Å². The topological polar surface area (TPSA) is 70.5 Å². The third-order valence-corrected chi connectivity index (χ3v) is 7.50. The Kier molecular flexibility index (Phi) is 5.56. The first-order valence-corrected chi connectivity index (χ1v) is 13.0. The van der Waals surface area contributed by atoms with E-state index in [0.29, 0.717) is 17.4 Å². The number of methoxy groups -OCH3 is 2. The van der Waals surface area contributed by atoms with E-state index >= 15 is 0 Å². The van der Waals surface area contributed by atoms with Crippen molar-refractivity contribution in [3.63, 3.8) is 0 Å². The molecule has 0 unspecified atom stereocenters. The largest absolute Gasteiger partial charge is 0.497 e. The maximum absolute atomic E-state index is 6.37. The molecule has 0 radical (unpaired) electrons. The number of nitrogens with zero attached hydrogens (tertiary/aromatic N) is 2. The summed E-state index contributed by atoms with van der Waals surface area (Å²) >= 11 is 0. The summed E-state index contributed by atoms with van der Waals surface area (Å²) < 4.78 is 23.2. The highest BCUT2D eigenvalue weighted by molar-refractivity contribution is 6.04. The second kappa shape index (κ2) is 9.27. The number of hydrogen-bond donors (Lipinski definition) is 0. The normalized spacial score (nSPS) is 11.5. The van der Waals surface area contributed by atoms with Gasteiger partial charge in [-0.2, -0.15) is 0 Å². The lowest BCUT2D eigenvalue weighted by molar-refractivity contribution is 0.414. The van der Waals surface area contributed by atoms with Crippen LogP contribution in [-0.4, -0.2) is 24.2 Å². The van der Waals surface area contributed by atoms with E-state index in [1.165, 1.54) is 11.1 Å². The van der Waals surface area contributed by atoms with Crippen LogP contribution in [0.25, 0.3) is 67.0 Å². The molecule has 0 amide bonds. The van der Waals surface area contributed by atoms with E-state index in [1.807, 2.05) is 66.7 Å². The van der Waals surface area contributed by atoms with Crippen molar-refractivity contribution in [3.8, 4) is 45.5 Å². The molecule has 2 heterocycles. The third-order valence-electron chi connectivity index (χ3n) is 7.50. The van der Waals surface area contributed by atoms with Crippen molar-refractivity contribution in [2.75, 3.05) is 14.2 Å². The van der Waals surface area contributed by atoms with Gasteiger partial charge in [0.1, 0.15) is 22.5 Å². The van der Waals surface area contributed by atoms with E-state index in [-0.39, 0.29) is 0 Å². The zero-order valence-corrected chi connectivity index (χ0v) is 22.6. The molecule has 7 aromatic rings. The van der Waals surface area contributed by atoms with Crippen molar-refractivity contribution in [2.24, 2.45) is 0 Å². The Bertz CT molecular complexity index is 2050. The van der Waals surface area contributed by atoms with Crippen LogP contribution in [0.5, 0.6) is 11.5 Å². The van der Waals surface area contributed by atoms with Gasteiger partial charge in [-0.1, -0.05) is 30.3 Å². The Morgan fingerprint density at radius 3 is 1.60 bits per heavy atom. The molecule has 0 spiro atoms. The van der Waals surface area contributed by atoms with Crippen LogP contribution in [0.15, 0.2) is 93.8 Å². The molecule has 40 heavy (non-hydrogen) atoms. The first kappa shape index (κ1) is 24.0. The van der Waals surface area contributed by atoms with Gasteiger partial charge < -0.3 is 18.3 Å². The Morgan fingerprint density at radius 2 is 1.02 bits per heavy atom. The Labute approximate surface area is 230 Å². The standard InChI is InChI=1S/C34H26N2O4/c1-19-15-27-25(33-35-29-13-7-22(17-31(29)39-33)21-5-8-23(37-3)9-6-21)11-12-26(28(27)16-20(19)2)34-36-30-14-10-24(38-4)18-32(30)40-34/h5-18H,1-4H3. The highest BCUT2D eigenvalue weighted by atomic mass is 16.5. The highest BCUT2D eigenvalue weighted by Crippen LogP contribution is 2.39. The minimum absolute atomic E-state index is 0.560. The zero-order chi connectivity index (χ0) is 27.4. The number of hydrogen-bond acceptors (Lipinski definition) is 6. The molecule has 2 aromatic heterocycles. The molecule has 0 atom stereocenters. The van der Waals surface area contributed by atoms with Crippen LogP contribution in [0.2, 0.25) is 0 Å². The fourth-order valence-electron chi connectivity index (χ4n) is 5.13. The van der Waals surface area contributed by atoms with Crippen LogP contribution in [0, 0.1) is 13.8 Å². The van der Waals surface area contributed by atoms with Crippen molar-refractivity contribution >= 4 is 33.0 Å². The van der Waals surface area contributed by atoms with Gasteiger partial charge in [-0.3, -0.25) is 0 Å². The molecule has 0 N–H and O–H groups in total. The number of oxazole rings is 2. The Morgan fingerprint density at radius 1 is 0.525 bits per heavy atom. The summed E-state index contributed by atoms with van der Waals surface area (Å²) in [5.74, 6) is 2.69. The van der Waals surface area contributed by atoms with Crippen LogP contribution >= 0.6 is 0 Å². The van der Waals surface area contributed by atoms with E-state index in [4.69, 9.17) is 28.3 Å². The van der Waals surface area contributed by atoms with Gasteiger partial charge in [-0.05, 0) is 95.4 Å². The summed E-state index contributed by atoms with van der Waals surface area (Å²) in [4.78, 5) is 9.64. The SMILES string of the molecule is COc1ccc(-c2ccc3nc(-c4ccc(-c5nc6ccc(OC)cc6o5)c5cc(C)c(C)cc45)oc3c2)cc1. The van der Waals surface area contributed by atoms with Crippen molar-refractivity contribution in [1.29, 1.82) is 0 Å². The van der Waals surface area contributed by atoms with E-state index < -0.39 is 0 Å². The summed E-state index contributed by atoms with van der Waals surface area (Å²) in [6, 6.07) is 28.2. The molecular weight excluding hydrogens is 500 g/mol. The smallest absolute Gasteiger partial charge is 0.227 e. The van der Waals surface area contributed by atoms with Crippen molar-refractivity contribution in [2.45, 2.75) is 13.8 Å². The monoisotopic (exact) mass is 526 g/mol. The second-order valence-electron chi connectivity index (χ2n) is 9.93. The molecule has 0 aliphatic heterocycles. The predicted molar refractivity (Wildman–Crippen MR) is 158 cm³/mol. The first-order valence-electron chi connectivity index (χ1n) is 13.0. The van der Waals surface area contributed by atoms with Gasteiger partial charge in [0, 0.05) is 17.2 Å². The summed E-state index contributed by atoms with van der Waals surface area (Å²) in [5, 5.41) is 2.06. The fourth-order valence-corrected chi connectivity index (χ4v) is 5.13. The quantitative estimate of drug-likeness (QED) is 0.223. The van der Waals surface area contributed by atoms with E-state index in [2.05, 4.69) is 32.0 Å². The van der Waals surface area contributed by atoms with Gasteiger partial charge >= 0.3 is 0 Å². The number of aryl methyl sites for hydroxylation is 2. The average Bonchev–Trinajstić information content (AvgIpc) is 3.60. The molecule has 196 valence electrons. The lowest BCUT2D eigenvalue weighted by Crippen LogP contribution is -1.90. The van der Waals surface area contributed by atoms with Gasteiger partial charge in [-0.25, -0.2) is 9.97 Å². The third kappa shape index (κ3) is 3.96. The molecule has 0 fully saturated rings. The van der Waals surface area contributed by atoms with Gasteiger partial charge in [0.25, 0.3) is 0 Å². The average molecular weight is 527 g/mol.